The first-order valence-corrected chi connectivity index (χ1v) is 5.35. The minimum absolute atomic E-state index is 0.0963. The third-order valence-electron chi connectivity index (χ3n) is 2.10. The maximum absolute atomic E-state index is 13.7. The molecule has 0 amide bonds. The lowest BCUT2D eigenvalue weighted by molar-refractivity contribution is 0.396. The van der Waals surface area contributed by atoms with E-state index in [9.17, 15) is 9.50 Å². The second-order valence-corrected chi connectivity index (χ2v) is 3.89. The molecule has 0 aliphatic rings. The van der Waals surface area contributed by atoms with Crippen molar-refractivity contribution in [3.8, 4) is 11.5 Å². The van der Waals surface area contributed by atoms with Crippen LogP contribution in [-0.2, 0) is 6.42 Å². The van der Waals surface area contributed by atoms with E-state index in [1.165, 1.54) is 13.2 Å². The summed E-state index contributed by atoms with van der Waals surface area (Å²) in [5, 5.41) is 9.57. The Morgan fingerprint density at radius 3 is 2.80 bits per heavy atom. The fourth-order valence-corrected chi connectivity index (χ4v) is 1.81. The van der Waals surface area contributed by atoms with Crippen molar-refractivity contribution in [1.29, 1.82) is 0 Å². The largest absolute Gasteiger partial charge is 0.507 e. The van der Waals surface area contributed by atoms with Crippen LogP contribution in [0.25, 0.3) is 0 Å². The Bertz CT molecular complexity index is 358. The standard InChI is InChI=1S/C10H13BrFNO2/c1-15-8-5-7(14)6(3-2-4-13)10(12)9(8)11/h5,14H,2-4,13H2,1H3. The molecule has 0 bridgehead atoms. The van der Waals surface area contributed by atoms with Crippen LogP contribution in [0, 0.1) is 5.82 Å². The zero-order valence-electron chi connectivity index (χ0n) is 8.39. The lowest BCUT2D eigenvalue weighted by atomic mass is 10.1. The fourth-order valence-electron chi connectivity index (χ4n) is 1.29. The van der Waals surface area contributed by atoms with Crippen LogP contribution in [-0.4, -0.2) is 18.8 Å². The van der Waals surface area contributed by atoms with Gasteiger partial charge in [0.25, 0.3) is 0 Å². The number of aromatic hydroxyl groups is 1. The number of halogens is 2. The minimum atomic E-state index is -0.486. The summed E-state index contributed by atoms with van der Waals surface area (Å²) >= 11 is 3.07. The van der Waals surface area contributed by atoms with Crippen LogP contribution in [0.4, 0.5) is 4.39 Å². The van der Waals surface area contributed by atoms with Crippen molar-refractivity contribution in [2.45, 2.75) is 12.8 Å². The summed E-state index contributed by atoms with van der Waals surface area (Å²) in [6.45, 7) is 0.461. The number of methoxy groups -OCH3 is 1. The van der Waals surface area contributed by atoms with Crippen LogP contribution in [0.3, 0.4) is 0 Å². The molecule has 0 spiro atoms. The molecule has 0 fully saturated rings. The molecule has 0 aromatic heterocycles. The summed E-state index contributed by atoms with van der Waals surface area (Å²) in [4.78, 5) is 0. The average Bonchev–Trinajstić information content (AvgIpc) is 2.23. The van der Waals surface area contributed by atoms with Gasteiger partial charge in [-0.3, -0.25) is 0 Å². The van der Waals surface area contributed by atoms with E-state index in [-0.39, 0.29) is 21.5 Å². The van der Waals surface area contributed by atoms with E-state index in [0.717, 1.165) is 0 Å². The number of ether oxygens (including phenoxy) is 1. The monoisotopic (exact) mass is 277 g/mol. The summed E-state index contributed by atoms with van der Waals surface area (Å²) in [6.07, 6.45) is 1.04. The average molecular weight is 278 g/mol. The van der Waals surface area contributed by atoms with Gasteiger partial charge in [0.05, 0.1) is 11.6 Å². The molecule has 84 valence electrons. The number of nitrogens with two attached hydrogens (primary N) is 1. The highest BCUT2D eigenvalue weighted by molar-refractivity contribution is 9.10. The second kappa shape index (κ2) is 5.32. The van der Waals surface area contributed by atoms with Crippen LogP contribution in [0.15, 0.2) is 10.5 Å². The summed E-state index contributed by atoms with van der Waals surface area (Å²) in [7, 11) is 1.42. The van der Waals surface area contributed by atoms with Crippen LogP contribution in [0.5, 0.6) is 11.5 Å². The highest BCUT2D eigenvalue weighted by atomic mass is 79.9. The van der Waals surface area contributed by atoms with E-state index >= 15 is 0 Å². The van der Waals surface area contributed by atoms with Gasteiger partial charge in [0.2, 0.25) is 0 Å². The van der Waals surface area contributed by atoms with Gasteiger partial charge in [-0.2, -0.15) is 0 Å². The third-order valence-corrected chi connectivity index (χ3v) is 2.84. The quantitative estimate of drug-likeness (QED) is 0.887. The SMILES string of the molecule is COc1cc(O)c(CCCN)c(F)c1Br. The predicted molar refractivity (Wildman–Crippen MR) is 59.7 cm³/mol. The number of phenols is 1. The molecule has 1 rings (SSSR count). The topological polar surface area (TPSA) is 55.5 Å². The predicted octanol–water partition coefficient (Wildman–Crippen LogP) is 2.19. The van der Waals surface area contributed by atoms with Crippen LogP contribution in [0.2, 0.25) is 0 Å². The second-order valence-electron chi connectivity index (χ2n) is 3.10. The van der Waals surface area contributed by atoms with Crippen molar-refractivity contribution in [3.05, 3.63) is 21.9 Å². The first kappa shape index (κ1) is 12.3. The number of hydrogen-bond acceptors (Lipinski definition) is 3. The normalized spacial score (nSPS) is 10.4. The highest BCUT2D eigenvalue weighted by Gasteiger charge is 2.16. The summed E-state index contributed by atoms with van der Waals surface area (Å²) in [5.41, 5.74) is 5.60. The molecule has 1 aromatic carbocycles. The van der Waals surface area contributed by atoms with Gasteiger partial charge < -0.3 is 15.6 Å². The molecular weight excluding hydrogens is 265 g/mol. The molecule has 15 heavy (non-hydrogen) atoms. The van der Waals surface area contributed by atoms with Crippen LogP contribution >= 0.6 is 15.9 Å². The van der Waals surface area contributed by atoms with Gasteiger partial charge in [0.1, 0.15) is 17.3 Å². The van der Waals surface area contributed by atoms with Crippen molar-refractivity contribution < 1.29 is 14.2 Å². The van der Waals surface area contributed by atoms with Crippen LogP contribution < -0.4 is 10.5 Å². The van der Waals surface area contributed by atoms with Gasteiger partial charge >= 0.3 is 0 Å². The van der Waals surface area contributed by atoms with E-state index < -0.39 is 5.82 Å². The molecule has 0 saturated carbocycles. The first-order valence-electron chi connectivity index (χ1n) is 4.55. The summed E-state index contributed by atoms with van der Waals surface area (Å²) in [5.74, 6) is -0.303. The maximum Gasteiger partial charge on any atom is 0.148 e. The van der Waals surface area contributed by atoms with Gasteiger partial charge in [0.15, 0.2) is 0 Å². The van der Waals surface area contributed by atoms with E-state index in [1.54, 1.807) is 0 Å². The van der Waals surface area contributed by atoms with E-state index in [4.69, 9.17) is 10.5 Å². The molecular formula is C10H13BrFNO2. The zero-order chi connectivity index (χ0) is 11.4. The first-order chi connectivity index (χ1) is 7.11. The maximum atomic E-state index is 13.7. The van der Waals surface area contributed by atoms with Crippen molar-refractivity contribution in [1.82, 2.24) is 0 Å². The van der Waals surface area contributed by atoms with Crippen LogP contribution in [0.1, 0.15) is 12.0 Å². The molecule has 0 atom stereocenters. The summed E-state index contributed by atoms with van der Waals surface area (Å²) < 4.78 is 18.8. The van der Waals surface area contributed by atoms with Crippen molar-refractivity contribution >= 4 is 15.9 Å². The third kappa shape index (κ3) is 2.60. The molecule has 3 N–H and O–H groups in total. The zero-order valence-corrected chi connectivity index (χ0v) is 9.97. The van der Waals surface area contributed by atoms with Gasteiger partial charge in [0, 0.05) is 11.6 Å². The molecule has 0 saturated heterocycles. The Morgan fingerprint density at radius 2 is 2.27 bits per heavy atom. The smallest absolute Gasteiger partial charge is 0.148 e. The van der Waals surface area contributed by atoms with Gasteiger partial charge in [-0.1, -0.05) is 0 Å². The lowest BCUT2D eigenvalue weighted by Gasteiger charge is -2.10. The Labute approximate surface area is 96.2 Å². The minimum Gasteiger partial charge on any atom is -0.507 e. The van der Waals surface area contributed by atoms with Crippen molar-refractivity contribution in [2.75, 3.05) is 13.7 Å². The molecule has 1 aromatic rings. The van der Waals surface area contributed by atoms with Crippen molar-refractivity contribution in [3.63, 3.8) is 0 Å². The molecule has 0 aliphatic carbocycles. The Kier molecular flexibility index (Phi) is 4.35. The molecule has 0 radical (unpaired) electrons. The van der Waals surface area contributed by atoms with Gasteiger partial charge in [-0.25, -0.2) is 4.39 Å². The van der Waals surface area contributed by atoms with Gasteiger partial charge in [-0.05, 0) is 35.3 Å². The highest BCUT2D eigenvalue weighted by Crippen LogP contribution is 2.36. The Balaban J connectivity index is 3.11. The van der Waals surface area contributed by atoms with E-state index in [2.05, 4.69) is 15.9 Å². The van der Waals surface area contributed by atoms with E-state index in [0.29, 0.717) is 19.4 Å². The molecule has 0 unspecified atom stereocenters. The van der Waals surface area contributed by atoms with Gasteiger partial charge in [-0.15, -0.1) is 0 Å². The van der Waals surface area contributed by atoms with Crippen molar-refractivity contribution in [2.24, 2.45) is 5.73 Å². The molecule has 5 heteroatoms. The number of hydrogen-bond donors (Lipinski definition) is 2. The number of rotatable bonds is 4. The van der Waals surface area contributed by atoms with E-state index in [1.807, 2.05) is 0 Å². The Hall–Kier alpha value is -0.810. The molecule has 3 nitrogen and oxygen atoms in total. The Morgan fingerprint density at radius 1 is 1.60 bits per heavy atom. The lowest BCUT2D eigenvalue weighted by Crippen LogP contribution is -2.03. The molecule has 0 heterocycles. The number of phenolic OH excluding ortho intramolecular Hbond substituents is 1. The number of benzene rings is 1. The fraction of sp³-hybridized carbons (Fsp3) is 0.400. The summed E-state index contributed by atoms with van der Waals surface area (Å²) in [6, 6.07) is 1.39. The molecule has 0 aliphatic heterocycles.